The van der Waals surface area contributed by atoms with Gasteiger partial charge in [-0.2, -0.15) is 0 Å². The number of carbonyl (C=O) groups is 1. The number of ketones is 1. The first-order valence-electron chi connectivity index (χ1n) is 12.5. The number of Topliss-reactive ketones (excluding diaryl/α,β-unsaturated/α-hetero) is 1. The van der Waals surface area contributed by atoms with E-state index in [4.69, 9.17) is 9.47 Å². The van der Waals surface area contributed by atoms with E-state index in [1.807, 2.05) is 88.4 Å². The van der Waals surface area contributed by atoms with Gasteiger partial charge in [0.15, 0.2) is 0 Å². The molecular weight excluding hydrogens is 444 g/mol. The summed E-state index contributed by atoms with van der Waals surface area (Å²) in [7, 11) is 0. The Kier molecular flexibility index (Phi) is 8.22. The lowest BCUT2D eigenvalue weighted by atomic mass is 9.85. The van der Waals surface area contributed by atoms with Gasteiger partial charge in [-0.1, -0.05) is 98.8 Å². The highest BCUT2D eigenvalue weighted by molar-refractivity contribution is 5.91. The Labute approximate surface area is 214 Å². The van der Waals surface area contributed by atoms with Crippen LogP contribution in [0.4, 0.5) is 0 Å². The predicted molar refractivity (Wildman–Crippen MR) is 146 cm³/mol. The fraction of sp³-hybridized carbons (Fsp3) is 0.242. The molecule has 4 aromatic rings. The molecule has 2 atom stereocenters. The van der Waals surface area contributed by atoms with Crippen molar-refractivity contribution in [2.24, 2.45) is 0 Å². The van der Waals surface area contributed by atoms with E-state index >= 15 is 0 Å². The Balaban J connectivity index is 1.39. The van der Waals surface area contributed by atoms with Crippen LogP contribution in [0.25, 0.3) is 0 Å². The Hall–Kier alpha value is -3.85. The third-order valence-electron chi connectivity index (χ3n) is 6.73. The molecule has 3 heteroatoms. The summed E-state index contributed by atoms with van der Waals surface area (Å²) in [6.45, 7) is 9.09. The van der Waals surface area contributed by atoms with Crippen molar-refractivity contribution in [2.75, 3.05) is 0 Å². The van der Waals surface area contributed by atoms with Crippen LogP contribution in [0, 0.1) is 13.8 Å². The number of aryl methyl sites for hydroxylation is 2. The van der Waals surface area contributed by atoms with Crippen molar-refractivity contribution in [1.29, 1.82) is 0 Å². The minimum absolute atomic E-state index is 0.199. The first-order valence-corrected chi connectivity index (χ1v) is 12.5. The van der Waals surface area contributed by atoms with Crippen molar-refractivity contribution in [1.82, 2.24) is 0 Å². The van der Waals surface area contributed by atoms with Crippen LogP contribution in [0.2, 0.25) is 0 Å². The smallest absolute Gasteiger partial charge is 0.147 e. The van der Waals surface area contributed by atoms with Crippen molar-refractivity contribution < 1.29 is 14.3 Å². The summed E-state index contributed by atoms with van der Waals surface area (Å²) in [4.78, 5) is 13.4. The van der Waals surface area contributed by atoms with Crippen LogP contribution in [0.5, 0.6) is 11.5 Å². The van der Waals surface area contributed by atoms with Gasteiger partial charge in [0.25, 0.3) is 0 Å². The SMILES string of the molecule is Cc1cc(C(C)C(=O)C(C)c2ccc(OCc3ccccc3)c(C)c2)ccc1OCc1ccccc1. The van der Waals surface area contributed by atoms with Gasteiger partial charge in [-0.25, -0.2) is 0 Å². The van der Waals surface area contributed by atoms with Gasteiger partial charge in [0.2, 0.25) is 0 Å². The number of ether oxygens (including phenoxy) is 2. The van der Waals surface area contributed by atoms with Crippen LogP contribution in [0.1, 0.15) is 59.1 Å². The van der Waals surface area contributed by atoms with Crippen LogP contribution in [0.15, 0.2) is 97.1 Å². The van der Waals surface area contributed by atoms with Crippen molar-refractivity contribution in [3.63, 3.8) is 0 Å². The Morgan fingerprint density at radius 1 is 0.611 bits per heavy atom. The maximum Gasteiger partial charge on any atom is 0.147 e. The molecule has 0 radical (unpaired) electrons. The molecule has 0 aliphatic heterocycles. The maximum atomic E-state index is 13.4. The summed E-state index contributed by atoms with van der Waals surface area (Å²) in [5.41, 5.74) is 6.35. The van der Waals surface area contributed by atoms with E-state index < -0.39 is 0 Å². The molecule has 3 nitrogen and oxygen atoms in total. The fourth-order valence-corrected chi connectivity index (χ4v) is 4.38. The van der Waals surface area contributed by atoms with Gasteiger partial charge in [-0.15, -0.1) is 0 Å². The van der Waals surface area contributed by atoms with E-state index in [1.54, 1.807) is 0 Å². The highest BCUT2D eigenvalue weighted by Gasteiger charge is 2.24. The van der Waals surface area contributed by atoms with E-state index in [9.17, 15) is 4.79 Å². The lowest BCUT2D eigenvalue weighted by Gasteiger charge is -2.19. The zero-order valence-corrected chi connectivity index (χ0v) is 21.5. The molecule has 0 aliphatic carbocycles. The molecule has 0 bridgehead atoms. The monoisotopic (exact) mass is 478 g/mol. The van der Waals surface area contributed by atoms with E-state index in [0.717, 1.165) is 44.9 Å². The molecule has 4 rings (SSSR count). The van der Waals surface area contributed by atoms with Crippen LogP contribution in [-0.2, 0) is 18.0 Å². The normalized spacial score (nSPS) is 12.6. The minimum atomic E-state index is -0.212. The van der Waals surface area contributed by atoms with E-state index in [0.29, 0.717) is 13.2 Å². The number of hydrogen-bond acceptors (Lipinski definition) is 3. The second-order valence-electron chi connectivity index (χ2n) is 9.44. The molecule has 0 fully saturated rings. The standard InChI is InChI=1S/C33H34O3/c1-23-19-29(15-17-31(23)35-21-27-11-7-5-8-12-27)25(3)33(34)26(4)30-16-18-32(24(2)20-30)36-22-28-13-9-6-10-14-28/h5-20,25-26H,21-22H2,1-4H3. The van der Waals surface area contributed by atoms with E-state index in [-0.39, 0.29) is 17.6 Å². The minimum Gasteiger partial charge on any atom is -0.489 e. The number of carbonyl (C=O) groups excluding carboxylic acids is 1. The fourth-order valence-electron chi connectivity index (χ4n) is 4.38. The topological polar surface area (TPSA) is 35.5 Å². The van der Waals surface area contributed by atoms with Gasteiger partial charge in [-0.05, 0) is 59.4 Å². The quantitative estimate of drug-likeness (QED) is 0.232. The molecule has 0 aliphatic rings. The lowest BCUT2D eigenvalue weighted by molar-refractivity contribution is -0.121. The predicted octanol–water partition coefficient (Wildman–Crippen LogP) is 7.94. The Morgan fingerprint density at radius 3 is 1.36 bits per heavy atom. The zero-order valence-electron chi connectivity index (χ0n) is 21.5. The molecule has 36 heavy (non-hydrogen) atoms. The van der Waals surface area contributed by atoms with Crippen molar-refractivity contribution in [3.05, 3.63) is 130 Å². The number of hydrogen-bond donors (Lipinski definition) is 0. The van der Waals surface area contributed by atoms with E-state index in [2.05, 4.69) is 36.4 Å². The summed E-state index contributed by atoms with van der Waals surface area (Å²) >= 11 is 0. The molecule has 184 valence electrons. The average Bonchev–Trinajstić information content (AvgIpc) is 2.91. The van der Waals surface area contributed by atoms with Gasteiger partial charge in [0.1, 0.15) is 30.5 Å². The zero-order chi connectivity index (χ0) is 25.5. The van der Waals surface area contributed by atoms with Gasteiger partial charge in [0.05, 0.1) is 0 Å². The molecular formula is C33H34O3. The summed E-state index contributed by atoms with van der Waals surface area (Å²) in [5, 5.41) is 0. The highest BCUT2D eigenvalue weighted by atomic mass is 16.5. The summed E-state index contributed by atoms with van der Waals surface area (Å²) < 4.78 is 12.0. The van der Waals surface area contributed by atoms with Gasteiger partial charge < -0.3 is 9.47 Å². The van der Waals surface area contributed by atoms with Crippen molar-refractivity contribution in [3.8, 4) is 11.5 Å². The van der Waals surface area contributed by atoms with Crippen LogP contribution >= 0.6 is 0 Å². The Morgan fingerprint density at radius 2 is 1.00 bits per heavy atom. The largest absolute Gasteiger partial charge is 0.489 e. The van der Waals surface area contributed by atoms with Gasteiger partial charge in [0, 0.05) is 11.8 Å². The molecule has 0 saturated carbocycles. The van der Waals surface area contributed by atoms with Gasteiger partial charge in [-0.3, -0.25) is 4.79 Å². The van der Waals surface area contributed by atoms with Crippen LogP contribution < -0.4 is 9.47 Å². The molecule has 2 unspecified atom stereocenters. The molecule has 0 spiro atoms. The second-order valence-corrected chi connectivity index (χ2v) is 9.44. The van der Waals surface area contributed by atoms with Crippen LogP contribution in [-0.4, -0.2) is 5.78 Å². The molecule has 0 N–H and O–H groups in total. The molecule has 0 aromatic heterocycles. The summed E-state index contributed by atoms with van der Waals surface area (Å²) in [6, 6.07) is 32.4. The molecule has 0 amide bonds. The second kappa shape index (κ2) is 11.7. The lowest BCUT2D eigenvalue weighted by Crippen LogP contribution is -2.17. The summed E-state index contributed by atoms with van der Waals surface area (Å²) in [6.07, 6.45) is 0. The third-order valence-corrected chi connectivity index (χ3v) is 6.73. The number of rotatable bonds is 10. The van der Waals surface area contributed by atoms with Crippen LogP contribution in [0.3, 0.4) is 0 Å². The molecule has 0 saturated heterocycles. The Bertz CT molecular complexity index is 1190. The molecule has 4 aromatic carbocycles. The highest BCUT2D eigenvalue weighted by Crippen LogP contribution is 2.31. The first-order chi connectivity index (χ1) is 17.4. The van der Waals surface area contributed by atoms with Gasteiger partial charge >= 0.3 is 0 Å². The summed E-state index contributed by atoms with van der Waals surface area (Å²) in [5.74, 6) is 1.46. The van der Waals surface area contributed by atoms with E-state index in [1.165, 1.54) is 0 Å². The van der Waals surface area contributed by atoms with Crippen molar-refractivity contribution >= 4 is 5.78 Å². The first kappa shape index (κ1) is 25.2. The number of benzene rings is 4. The average molecular weight is 479 g/mol. The third kappa shape index (κ3) is 6.23. The maximum absolute atomic E-state index is 13.4. The van der Waals surface area contributed by atoms with Crippen molar-refractivity contribution in [2.45, 2.75) is 52.7 Å². The molecule has 0 heterocycles.